The number of nitrogens with zero attached hydrogens (tertiary/aromatic N) is 2. The summed E-state index contributed by atoms with van der Waals surface area (Å²) >= 11 is 6.19. The van der Waals surface area contributed by atoms with E-state index in [0.29, 0.717) is 18.3 Å². The number of aryl methyl sites for hydroxylation is 1. The molecule has 1 aromatic carbocycles. The maximum absolute atomic E-state index is 12.3. The van der Waals surface area contributed by atoms with E-state index in [4.69, 9.17) is 21.1 Å². The first kappa shape index (κ1) is 18.9. The van der Waals surface area contributed by atoms with Crippen LogP contribution in [-0.4, -0.2) is 55.3 Å². The standard InChI is InChI=1S/C17H19ClN2O3.ClH/c1-12-13-4-2-3-5-14(13)16(18)19-15(12)17(21)23-11-8-20-6-9-22-10-7-20;/h2-5H,6-11H2,1H3;1H. The summed E-state index contributed by atoms with van der Waals surface area (Å²) in [5, 5.41) is 2.09. The van der Waals surface area contributed by atoms with Crippen molar-refractivity contribution >= 4 is 40.7 Å². The molecule has 0 radical (unpaired) electrons. The lowest BCUT2D eigenvalue weighted by molar-refractivity contribution is 0.0193. The highest BCUT2D eigenvalue weighted by Gasteiger charge is 2.18. The van der Waals surface area contributed by atoms with Gasteiger partial charge in [-0.25, -0.2) is 9.78 Å². The summed E-state index contributed by atoms with van der Waals surface area (Å²) in [6, 6.07) is 7.64. The van der Waals surface area contributed by atoms with E-state index in [1.165, 1.54) is 0 Å². The molecule has 0 bridgehead atoms. The predicted molar refractivity (Wildman–Crippen MR) is 96.3 cm³/mol. The fraction of sp³-hybridized carbons (Fsp3) is 0.412. The van der Waals surface area contributed by atoms with Crippen LogP contribution >= 0.6 is 24.0 Å². The van der Waals surface area contributed by atoms with Crippen molar-refractivity contribution in [1.82, 2.24) is 9.88 Å². The van der Waals surface area contributed by atoms with Crippen LogP contribution in [0.1, 0.15) is 16.1 Å². The van der Waals surface area contributed by atoms with Crippen molar-refractivity contribution in [1.29, 1.82) is 0 Å². The molecule has 0 amide bonds. The second kappa shape index (κ2) is 8.62. The first-order valence-electron chi connectivity index (χ1n) is 7.69. The molecule has 1 aliphatic heterocycles. The van der Waals surface area contributed by atoms with E-state index >= 15 is 0 Å². The van der Waals surface area contributed by atoms with E-state index in [1.54, 1.807) is 0 Å². The number of hydrogen-bond donors (Lipinski definition) is 0. The van der Waals surface area contributed by atoms with E-state index in [2.05, 4.69) is 9.88 Å². The minimum Gasteiger partial charge on any atom is -0.460 e. The number of morpholine rings is 1. The van der Waals surface area contributed by atoms with Crippen LogP contribution in [0.25, 0.3) is 10.8 Å². The van der Waals surface area contributed by atoms with Gasteiger partial charge in [-0.15, -0.1) is 12.4 Å². The topological polar surface area (TPSA) is 51.7 Å². The Bertz CT molecular complexity index is 718. The summed E-state index contributed by atoms with van der Waals surface area (Å²) in [6.07, 6.45) is 0. The number of carbonyl (C=O) groups is 1. The van der Waals surface area contributed by atoms with Gasteiger partial charge in [-0.1, -0.05) is 35.9 Å². The van der Waals surface area contributed by atoms with Crippen molar-refractivity contribution in [3.05, 3.63) is 40.7 Å². The van der Waals surface area contributed by atoms with Gasteiger partial charge in [-0.3, -0.25) is 4.90 Å². The highest BCUT2D eigenvalue weighted by atomic mass is 35.5. The van der Waals surface area contributed by atoms with Gasteiger partial charge in [0.2, 0.25) is 0 Å². The molecule has 2 heterocycles. The summed E-state index contributed by atoms with van der Waals surface area (Å²) in [5.74, 6) is -0.427. The molecular formula is C17H20Cl2N2O3. The molecule has 0 atom stereocenters. The lowest BCUT2D eigenvalue weighted by atomic mass is 10.1. The smallest absolute Gasteiger partial charge is 0.357 e. The third-order valence-corrected chi connectivity index (χ3v) is 4.34. The molecule has 130 valence electrons. The van der Waals surface area contributed by atoms with Crippen LogP contribution in [0.4, 0.5) is 0 Å². The SMILES string of the molecule is Cc1c(C(=O)OCCN2CCOCC2)nc(Cl)c2ccccc12.Cl. The molecule has 5 nitrogen and oxygen atoms in total. The van der Waals surface area contributed by atoms with Crippen molar-refractivity contribution in [3.8, 4) is 0 Å². The Morgan fingerprint density at radius 3 is 2.67 bits per heavy atom. The number of hydrogen-bond acceptors (Lipinski definition) is 5. The molecule has 7 heteroatoms. The molecular weight excluding hydrogens is 351 g/mol. The maximum atomic E-state index is 12.3. The number of ether oxygens (including phenoxy) is 2. The minimum atomic E-state index is -0.427. The molecule has 1 aromatic heterocycles. The van der Waals surface area contributed by atoms with Crippen LogP contribution in [0.2, 0.25) is 5.15 Å². The summed E-state index contributed by atoms with van der Waals surface area (Å²) in [7, 11) is 0. The van der Waals surface area contributed by atoms with Crippen molar-refractivity contribution < 1.29 is 14.3 Å². The molecule has 0 aliphatic carbocycles. The predicted octanol–water partition coefficient (Wildman–Crippen LogP) is 3.11. The van der Waals surface area contributed by atoms with Crippen molar-refractivity contribution in [2.75, 3.05) is 39.5 Å². The monoisotopic (exact) mass is 370 g/mol. The second-order valence-electron chi connectivity index (χ2n) is 5.51. The first-order chi connectivity index (χ1) is 11.2. The van der Waals surface area contributed by atoms with Gasteiger partial charge in [0.1, 0.15) is 11.8 Å². The number of esters is 1. The minimum absolute atomic E-state index is 0. The Kier molecular flexibility index (Phi) is 6.80. The zero-order valence-electron chi connectivity index (χ0n) is 13.5. The van der Waals surface area contributed by atoms with Crippen LogP contribution < -0.4 is 0 Å². The zero-order valence-corrected chi connectivity index (χ0v) is 15.0. The number of aromatic nitrogens is 1. The highest BCUT2D eigenvalue weighted by molar-refractivity contribution is 6.34. The molecule has 1 aliphatic rings. The van der Waals surface area contributed by atoms with Gasteiger partial charge < -0.3 is 9.47 Å². The van der Waals surface area contributed by atoms with Gasteiger partial charge in [0, 0.05) is 25.0 Å². The van der Waals surface area contributed by atoms with E-state index in [1.807, 2.05) is 31.2 Å². The largest absolute Gasteiger partial charge is 0.460 e. The summed E-state index contributed by atoms with van der Waals surface area (Å²) in [5.41, 5.74) is 1.08. The van der Waals surface area contributed by atoms with Crippen molar-refractivity contribution in [3.63, 3.8) is 0 Å². The molecule has 0 saturated carbocycles. The Morgan fingerprint density at radius 1 is 1.29 bits per heavy atom. The van der Waals surface area contributed by atoms with E-state index in [-0.39, 0.29) is 18.1 Å². The van der Waals surface area contributed by atoms with Gasteiger partial charge in [-0.2, -0.15) is 0 Å². The number of rotatable bonds is 4. The molecule has 0 N–H and O–H groups in total. The van der Waals surface area contributed by atoms with E-state index in [0.717, 1.165) is 42.6 Å². The second-order valence-corrected chi connectivity index (χ2v) is 5.87. The van der Waals surface area contributed by atoms with Crippen LogP contribution in [0, 0.1) is 6.92 Å². The summed E-state index contributed by atoms with van der Waals surface area (Å²) in [6.45, 7) is 6.11. The maximum Gasteiger partial charge on any atom is 0.357 e. The first-order valence-corrected chi connectivity index (χ1v) is 8.06. The third-order valence-electron chi connectivity index (χ3n) is 4.06. The molecule has 2 aromatic rings. The van der Waals surface area contributed by atoms with Crippen LogP contribution in [0.5, 0.6) is 0 Å². The summed E-state index contributed by atoms with van der Waals surface area (Å²) < 4.78 is 10.7. The molecule has 3 rings (SSSR count). The Morgan fingerprint density at radius 2 is 1.96 bits per heavy atom. The molecule has 24 heavy (non-hydrogen) atoms. The zero-order chi connectivity index (χ0) is 16.2. The summed E-state index contributed by atoms with van der Waals surface area (Å²) in [4.78, 5) is 18.8. The number of pyridine rings is 1. The van der Waals surface area contributed by atoms with Crippen molar-refractivity contribution in [2.45, 2.75) is 6.92 Å². The molecule has 0 unspecified atom stereocenters. The van der Waals surface area contributed by atoms with Crippen molar-refractivity contribution in [2.24, 2.45) is 0 Å². The van der Waals surface area contributed by atoms with Gasteiger partial charge in [-0.05, 0) is 17.9 Å². The lowest BCUT2D eigenvalue weighted by Crippen LogP contribution is -2.38. The number of benzene rings is 1. The number of fused-ring (bicyclic) bond motifs is 1. The van der Waals surface area contributed by atoms with Crippen LogP contribution in [-0.2, 0) is 9.47 Å². The van der Waals surface area contributed by atoms with Gasteiger partial charge >= 0.3 is 5.97 Å². The average molecular weight is 371 g/mol. The molecule has 1 saturated heterocycles. The molecule has 0 spiro atoms. The van der Waals surface area contributed by atoms with Gasteiger partial charge in [0.15, 0.2) is 5.69 Å². The van der Waals surface area contributed by atoms with E-state index < -0.39 is 5.97 Å². The Hall–Kier alpha value is -1.40. The van der Waals surface area contributed by atoms with Gasteiger partial charge in [0.25, 0.3) is 0 Å². The van der Waals surface area contributed by atoms with Crippen LogP contribution in [0.3, 0.4) is 0 Å². The fourth-order valence-corrected chi connectivity index (χ4v) is 2.97. The Labute approximate surface area is 152 Å². The number of carbonyl (C=O) groups excluding carboxylic acids is 1. The van der Waals surface area contributed by atoms with Crippen LogP contribution in [0.15, 0.2) is 24.3 Å². The normalized spacial score (nSPS) is 15.1. The Balaban J connectivity index is 0.00000208. The quantitative estimate of drug-likeness (QED) is 0.611. The lowest BCUT2D eigenvalue weighted by Gasteiger charge is -2.26. The van der Waals surface area contributed by atoms with Gasteiger partial charge in [0.05, 0.1) is 13.2 Å². The third kappa shape index (κ3) is 4.16. The average Bonchev–Trinajstić information content (AvgIpc) is 2.59. The molecule has 1 fully saturated rings. The van der Waals surface area contributed by atoms with E-state index in [9.17, 15) is 4.79 Å². The number of halogens is 2. The highest BCUT2D eigenvalue weighted by Crippen LogP contribution is 2.26. The fourth-order valence-electron chi connectivity index (χ4n) is 2.72.